The quantitative estimate of drug-likeness (QED) is 0.473. The summed E-state index contributed by atoms with van der Waals surface area (Å²) in [7, 11) is 0. The number of amides is 1. The minimum atomic E-state index is -0.247. The second-order valence-electron chi connectivity index (χ2n) is 5.72. The fourth-order valence-electron chi connectivity index (χ4n) is 2.76. The van der Waals surface area contributed by atoms with Gasteiger partial charge in [0, 0.05) is 32.3 Å². The number of carbonyl (C=O) groups excluding carboxylic acids is 1. The largest absolute Gasteiger partial charge is 0.451 e. The van der Waals surface area contributed by atoms with Crippen molar-refractivity contribution in [2.24, 2.45) is 0 Å². The molecule has 1 amide bonds. The van der Waals surface area contributed by atoms with Gasteiger partial charge in [-0.25, -0.2) is 4.98 Å². The molecule has 0 spiro atoms. The number of nitrogens with one attached hydrogen (secondary N) is 1. The Bertz CT molecular complexity index is 1110. The second-order valence-corrected chi connectivity index (χ2v) is 7.56. The molecule has 0 atom stereocenters. The van der Waals surface area contributed by atoms with E-state index in [1.165, 1.54) is 0 Å². The maximum Gasteiger partial charge on any atom is 0.287 e. The van der Waals surface area contributed by atoms with Crippen molar-refractivity contribution >= 4 is 54.4 Å². The normalized spacial score (nSPS) is 11.3. The number of halogens is 2. The summed E-state index contributed by atoms with van der Waals surface area (Å²) in [6, 6.07) is 9.53. The molecule has 1 aromatic carbocycles. The van der Waals surface area contributed by atoms with E-state index in [1.54, 1.807) is 0 Å². The van der Waals surface area contributed by atoms with Crippen molar-refractivity contribution in [2.45, 2.75) is 13.5 Å². The number of imidazole rings is 1. The minimum Gasteiger partial charge on any atom is -0.451 e. The predicted molar refractivity (Wildman–Crippen MR) is 103 cm³/mol. The third-order valence-corrected chi connectivity index (χ3v) is 4.96. The molecule has 4 aromatic rings. The smallest absolute Gasteiger partial charge is 0.287 e. The Balaban J connectivity index is 1.56. The topological polar surface area (TPSA) is 59.5 Å². The number of benzene rings is 1. The lowest BCUT2D eigenvalue weighted by Gasteiger charge is -2.01. The van der Waals surface area contributed by atoms with Gasteiger partial charge in [-0.2, -0.15) is 0 Å². The second kappa shape index (κ2) is 6.31. The summed E-state index contributed by atoms with van der Waals surface area (Å²) in [5.41, 5.74) is 3.14. The number of nitrogens with zero attached hydrogens (tertiary/aromatic N) is 2. The van der Waals surface area contributed by atoms with Gasteiger partial charge in [-0.05, 0) is 53.2 Å². The maximum atomic E-state index is 12.5. The van der Waals surface area contributed by atoms with Crippen LogP contribution in [0.2, 0.25) is 0 Å². The first-order valence-electron chi connectivity index (χ1n) is 7.61. The molecule has 0 unspecified atom stereocenters. The summed E-state index contributed by atoms with van der Waals surface area (Å²) in [5, 5.41) is 3.80. The van der Waals surface area contributed by atoms with Gasteiger partial charge in [0.15, 0.2) is 5.76 Å². The van der Waals surface area contributed by atoms with Gasteiger partial charge in [-0.3, -0.25) is 4.79 Å². The zero-order chi connectivity index (χ0) is 17.6. The van der Waals surface area contributed by atoms with Crippen molar-refractivity contribution in [3.8, 4) is 0 Å². The van der Waals surface area contributed by atoms with Gasteiger partial charge in [0.25, 0.3) is 5.91 Å². The lowest BCUT2D eigenvalue weighted by atomic mass is 10.1. The summed E-state index contributed by atoms with van der Waals surface area (Å²) in [6.45, 7) is 2.22. The molecule has 126 valence electrons. The first-order chi connectivity index (χ1) is 12.0. The van der Waals surface area contributed by atoms with E-state index in [0.29, 0.717) is 17.9 Å². The number of fused-ring (bicyclic) bond motifs is 2. The molecule has 3 aromatic heterocycles. The summed E-state index contributed by atoms with van der Waals surface area (Å²) in [4.78, 5) is 17.0. The van der Waals surface area contributed by atoms with Gasteiger partial charge in [-0.15, -0.1) is 0 Å². The van der Waals surface area contributed by atoms with E-state index in [9.17, 15) is 4.79 Å². The third kappa shape index (κ3) is 3.09. The molecule has 0 aliphatic rings. The first-order valence-corrected chi connectivity index (χ1v) is 9.20. The highest BCUT2D eigenvalue weighted by molar-refractivity contribution is 9.10. The summed E-state index contributed by atoms with van der Waals surface area (Å²) in [6.07, 6.45) is 3.82. The molecule has 3 heterocycles. The van der Waals surface area contributed by atoms with Crippen molar-refractivity contribution in [3.63, 3.8) is 0 Å². The van der Waals surface area contributed by atoms with Crippen molar-refractivity contribution in [3.05, 3.63) is 68.7 Å². The molecule has 0 radical (unpaired) electrons. The summed E-state index contributed by atoms with van der Waals surface area (Å²) < 4.78 is 9.55. The summed E-state index contributed by atoms with van der Waals surface area (Å²) >= 11 is 6.87. The lowest BCUT2D eigenvalue weighted by Crippen LogP contribution is -2.23. The number of rotatable bonds is 3. The van der Waals surface area contributed by atoms with Crippen LogP contribution in [0.4, 0.5) is 0 Å². The predicted octanol–water partition coefficient (Wildman–Crippen LogP) is 4.84. The standard InChI is InChI=1S/C18H13Br2N3O2/c1-10-14-6-11(19)2-4-15(14)25-17(10)18(24)21-7-13-9-23-8-12(20)3-5-16(23)22-13/h2-6,8-9H,7H2,1H3,(H,21,24). The zero-order valence-electron chi connectivity index (χ0n) is 13.2. The molecule has 25 heavy (non-hydrogen) atoms. The average Bonchev–Trinajstić information content (AvgIpc) is 3.13. The van der Waals surface area contributed by atoms with Gasteiger partial charge in [0.05, 0.1) is 12.2 Å². The lowest BCUT2D eigenvalue weighted by molar-refractivity contribution is 0.0924. The number of hydrogen-bond donors (Lipinski definition) is 1. The number of carbonyl (C=O) groups is 1. The number of furan rings is 1. The van der Waals surface area contributed by atoms with Crippen LogP contribution in [0.5, 0.6) is 0 Å². The third-order valence-electron chi connectivity index (χ3n) is 4.00. The van der Waals surface area contributed by atoms with E-state index in [1.807, 2.05) is 54.0 Å². The van der Waals surface area contributed by atoms with E-state index in [2.05, 4.69) is 42.2 Å². The van der Waals surface area contributed by atoms with E-state index in [4.69, 9.17) is 4.42 Å². The van der Waals surface area contributed by atoms with Gasteiger partial charge < -0.3 is 14.1 Å². The molecule has 0 fully saturated rings. The van der Waals surface area contributed by atoms with Crippen LogP contribution in [0.25, 0.3) is 16.6 Å². The molecule has 4 rings (SSSR count). The highest BCUT2D eigenvalue weighted by Gasteiger charge is 2.18. The van der Waals surface area contributed by atoms with Crippen molar-refractivity contribution in [1.29, 1.82) is 0 Å². The van der Waals surface area contributed by atoms with Crippen LogP contribution >= 0.6 is 31.9 Å². The SMILES string of the molecule is Cc1c(C(=O)NCc2cn3cc(Br)ccc3n2)oc2ccc(Br)cc12. The van der Waals surface area contributed by atoms with Crippen LogP contribution < -0.4 is 5.32 Å². The highest BCUT2D eigenvalue weighted by Crippen LogP contribution is 2.28. The van der Waals surface area contributed by atoms with E-state index < -0.39 is 0 Å². The molecular weight excluding hydrogens is 450 g/mol. The molecule has 7 heteroatoms. The van der Waals surface area contributed by atoms with Crippen LogP contribution in [-0.4, -0.2) is 15.3 Å². The Morgan fingerprint density at radius 3 is 2.84 bits per heavy atom. The molecule has 0 aliphatic heterocycles. The Morgan fingerprint density at radius 1 is 1.20 bits per heavy atom. The number of aryl methyl sites for hydroxylation is 1. The summed E-state index contributed by atoms with van der Waals surface area (Å²) in [5.74, 6) is 0.0858. The maximum absolute atomic E-state index is 12.5. The van der Waals surface area contributed by atoms with E-state index >= 15 is 0 Å². The molecule has 1 N–H and O–H groups in total. The first kappa shape index (κ1) is 16.4. The van der Waals surface area contributed by atoms with E-state index in [-0.39, 0.29) is 5.91 Å². The average molecular weight is 463 g/mol. The molecular formula is C18H13Br2N3O2. The van der Waals surface area contributed by atoms with Crippen LogP contribution in [0.3, 0.4) is 0 Å². The molecule has 0 saturated heterocycles. The van der Waals surface area contributed by atoms with Gasteiger partial charge in [-0.1, -0.05) is 15.9 Å². The Morgan fingerprint density at radius 2 is 2.00 bits per heavy atom. The molecule has 5 nitrogen and oxygen atoms in total. The highest BCUT2D eigenvalue weighted by atomic mass is 79.9. The number of hydrogen-bond acceptors (Lipinski definition) is 3. The van der Waals surface area contributed by atoms with Gasteiger partial charge in [0.1, 0.15) is 11.2 Å². The Labute approximate surface area is 160 Å². The van der Waals surface area contributed by atoms with Gasteiger partial charge >= 0.3 is 0 Å². The molecule has 0 aliphatic carbocycles. The fraction of sp³-hybridized carbons (Fsp3) is 0.111. The van der Waals surface area contributed by atoms with Crippen LogP contribution in [-0.2, 0) is 6.54 Å². The monoisotopic (exact) mass is 461 g/mol. The van der Waals surface area contributed by atoms with Crippen LogP contribution in [0, 0.1) is 6.92 Å². The molecule has 0 bridgehead atoms. The van der Waals surface area contributed by atoms with Crippen LogP contribution in [0.1, 0.15) is 21.8 Å². The van der Waals surface area contributed by atoms with Crippen LogP contribution in [0.15, 0.2) is 56.1 Å². The Kier molecular flexibility index (Phi) is 4.13. The fourth-order valence-corrected chi connectivity index (χ4v) is 3.48. The number of pyridine rings is 1. The van der Waals surface area contributed by atoms with Crippen molar-refractivity contribution in [2.75, 3.05) is 0 Å². The van der Waals surface area contributed by atoms with E-state index in [0.717, 1.165) is 31.2 Å². The van der Waals surface area contributed by atoms with Gasteiger partial charge in [0.2, 0.25) is 0 Å². The molecule has 0 saturated carbocycles. The zero-order valence-corrected chi connectivity index (χ0v) is 16.4. The van der Waals surface area contributed by atoms with Crippen molar-refractivity contribution < 1.29 is 9.21 Å². The van der Waals surface area contributed by atoms with Crippen molar-refractivity contribution in [1.82, 2.24) is 14.7 Å². The number of aromatic nitrogens is 2. The Hall–Kier alpha value is -2.12. The minimum absolute atomic E-state index is 0.247.